The summed E-state index contributed by atoms with van der Waals surface area (Å²) >= 11 is 0. The molecule has 2 aromatic rings. The molecule has 19 heavy (non-hydrogen) atoms. The molecule has 1 aliphatic heterocycles. The molecule has 6 heteroatoms. The zero-order valence-corrected chi connectivity index (χ0v) is 11.2. The van der Waals surface area contributed by atoms with Crippen molar-refractivity contribution in [3.63, 3.8) is 0 Å². The lowest BCUT2D eigenvalue weighted by molar-refractivity contribution is 0.368. The summed E-state index contributed by atoms with van der Waals surface area (Å²) in [5.74, 6) is 0. The number of aromatic nitrogens is 2. The Balaban J connectivity index is 0.00000133. The van der Waals surface area contributed by atoms with Crippen LogP contribution < -0.4 is 11.0 Å². The average molecular weight is 279 g/mol. The van der Waals surface area contributed by atoms with Gasteiger partial charge in [0.2, 0.25) is 0 Å². The Hall–Kier alpha value is -1.77. The molecule has 3 rings (SSSR count). The molecule has 1 aromatic heterocycles. The zero-order chi connectivity index (χ0) is 12.5. The Morgan fingerprint density at radius 2 is 2.05 bits per heavy atom. The number of hydrogen-bond donors (Lipinski definition) is 2. The number of benzene rings is 1. The highest BCUT2D eigenvalue weighted by Crippen LogP contribution is 2.23. The number of nitrogens with one attached hydrogen (secondary N) is 2. The quantitative estimate of drug-likeness (QED) is 0.831. The maximum Gasteiger partial charge on any atom is 0.326 e. The van der Waals surface area contributed by atoms with E-state index < -0.39 is 0 Å². The summed E-state index contributed by atoms with van der Waals surface area (Å²) < 4.78 is 1.80. The normalized spacial score (nSPS) is 15.9. The van der Waals surface area contributed by atoms with E-state index >= 15 is 0 Å². The number of nitrogens with zero attached hydrogens (tertiary/aromatic N) is 2. The van der Waals surface area contributed by atoms with Crippen LogP contribution in [0.3, 0.4) is 0 Å². The minimum Gasteiger partial charge on any atom is -0.317 e. The van der Waals surface area contributed by atoms with Crippen molar-refractivity contribution in [3.8, 4) is 6.07 Å². The Morgan fingerprint density at radius 1 is 1.32 bits per heavy atom. The molecule has 0 atom stereocenters. The monoisotopic (exact) mass is 278 g/mol. The van der Waals surface area contributed by atoms with E-state index in [1.165, 1.54) is 0 Å². The van der Waals surface area contributed by atoms with Gasteiger partial charge >= 0.3 is 5.69 Å². The van der Waals surface area contributed by atoms with Gasteiger partial charge in [-0.3, -0.25) is 4.57 Å². The van der Waals surface area contributed by atoms with Crippen LogP contribution in [-0.2, 0) is 0 Å². The lowest BCUT2D eigenvalue weighted by Crippen LogP contribution is -2.33. The van der Waals surface area contributed by atoms with E-state index in [-0.39, 0.29) is 24.1 Å². The van der Waals surface area contributed by atoms with E-state index in [0.29, 0.717) is 11.1 Å². The van der Waals surface area contributed by atoms with Crippen LogP contribution in [-0.4, -0.2) is 22.6 Å². The van der Waals surface area contributed by atoms with Gasteiger partial charge in [-0.1, -0.05) is 6.07 Å². The van der Waals surface area contributed by atoms with Crippen LogP contribution in [0.25, 0.3) is 11.0 Å². The molecule has 1 saturated heterocycles. The first-order valence-electron chi connectivity index (χ1n) is 6.15. The lowest BCUT2D eigenvalue weighted by Gasteiger charge is -2.23. The number of nitriles is 1. The number of hydrogen-bond acceptors (Lipinski definition) is 3. The van der Waals surface area contributed by atoms with Gasteiger partial charge in [-0.2, -0.15) is 5.26 Å². The van der Waals surface area contributed by atoms with Crippen molar-refractivity contribution in [1.29, 1.82) is 5.26 Å². The first-order chi connectivity index (χ1) is 8.81. The third-order valence-corrected chi connectivity index (χ3v) is 3.55. The SMILES string of the molecule is Cl.N#Cc1cccc2c1[nH]c(=O)n2C1CCNCC1. The van der Waals surface area contributed by atoms with E-state index in [0.717, 1.165) is 31.4 Å². The van der Waals surface area contributed by atoms with Crippen LogP contribution in [0.15, 0.2) is 23.0 Å². The predicted molar refractivity (Wildman–Crippen MR) is 75.7 cm³/mol. The van der Waals surface area contributed by atoms with Gasteiger partial charge in [0.25, 0.3) is 0 Å². The molecule has 2 N–H and O–H groups in total. The van der Waals surface area contributed by atoms with Crippen molar-refractivity contribution in [1.82, 2.24) is 14.9 Å². The van der Waals surface area contributed by atoms with Crippen molar-refractivity contribution >= 4 is 23.4 Å². The second-order valence-corrected chi connectivity index (χ2v) is 4.59. The number of rotatable bonds is 1. The Labute approximate surface area is 116 Å². The van der Waals surface area contributed by atoms with Crippen LogP contribution in [0, 0.1) is 11.3 Å². The molecule has 5 nitrogen and oxygen atoms in total. The number of imidazole rings is 1. The van der Waals surface area contributed by atoms with Crippen LogP contribution >= 0.6 is 12.4 Å². The first-order valence-corrected chi connectivity index (χ1v) is 6.15. The summed E-state index contributed by atoms with van der Waals surface area (Å²) in [5.41, 5.74) is 1.91. The number of fused-ring (bicyclic) bond motifs is 1. The second-order valence-electron chi connectivity index (χ2n) is 4.59. The summed E-state index contributed by atoms with van der Waals surface area (Å²) in [7, 11) is 0. The second kappa shape index (κ2) is 5.47. The summed E-state index contributed by atoms with van der Waals surface area (Å²) in [6.45, 7) is 1.86. The number of aromatic amines is 1. The van der Waals surface area contributed by atoms with Crippen molar-refractivity contribution in [2.75, 3.05) is 13.1 Å². The van der Waals surface area contributed by atoms with Gasteiger partial charge in [0, 0.05) is 6.04 Å². The van der Waals surface area contributed by atoms with Crippen molar-refractivity contribution in [2.24, 2.45) is 0 Å². The molecule has 0 unspecified atom stereocenters. The molecule has 0 radical (unpaired) electrons. The molecule has 0 aliphatic carbocycles. The topological polar surface area (TPSA) is 73.6 Å². The average Bonchev–Trinajstić information content (AvgIpc) is 2.75. The van der Waals surface area contributed by atoms with Crippen LogP contribution in [0.4, 0.5) is 0 Å². The Bertz CT molecular complexity index is 676. The van der Waals surface area contributed by atoms with Crippen molar-refractivity contribution in [3.05, 3.63) is 34.2 Å². The maximum absolute atomic E-state index is 12.1. The van der Waals surface area contributed by atoms with Gasteiger partial charge in [-0.05, 0) is 38.1 Å². The van der Waals surface area contributed by atoms with E-state index in [1.54, 1.807) is 10.6 Å². The first kappa shape index (κ1) is 13.7. The number of para-hydroxylation sites is 1. The molecule has 1 aromatic carbocycles. The summed E-state index contributed by atoms with van der Waals surface area (Å²) in [6.07, 6.45) is 1.90. The fourth-order valence-corrected chi connectivity index (χ4v) is 2.67. The number of H-pyrrole nitrogens is 1. The molecular formula is C13H15ClN4O. The standard InChI is InChI=1S/C13H14N4O.ClH/c14-8-9-2-1-3-11-12(9)16-13(18)17(11)10-4-6-15-7-5-10;/h1-3,10,15H,4-7H2,(H,16,18);1H. The summed E-state index contributed by atoms with van der Waals surface area (Å²) in [4.78, 5) is 14.9. The molecular weight excluding hydrogens is 264 g/mol. The summed E-state index contributed by atoms with van der Waals surface area (Å²) in [5, 5.41) is 12.3. The van der Waals surface area contributed by atoms with E-state index in [2.05, 4.69) is 16.4 Å². The van der Waals surface area contributed by atoms with Gasteiger partial charge in [0.1, 0.15) is 6.07 Å². The summed E-state index contributed by atoms with van der Waals surface area (Å²) in [6, 6.07) is 7.79. The molecule has 0 saturated carbocycles. The zero-order valence-electron chi connectivity index (χ0n) is 10.3. The maximum atomic E-state index is 12.1. The number of halogens is 1. The lowest BCUT2D eigenvalue weighted by atomic mass is 10.1. The molecule has 2 heterocycles. The largest absolute Gasteiger partial charge is 0.326 e. The third kappa shape index (κ3) is 2.25. The number of piperidine rings is 1. The predicted octanol–water partition coefficient (Wildman–Crippen LogP) is 1.55. The van der Waals surface area contributed by atoms with Crippen LogP contribution in [0.5, 0.6) is 0 Å². The molecule has 1 aliphatic rings. The van der Waals surface area contributed by atoms with Gasteiger partial charge in [-0.15, -0.1) is 12.4 Å². The Kier molecular flexibility index (Phi) is 3.93. The minimum absolute atomic E-state index is 0. The molecule has 0 spiro atoms. The highest BCUT2D eigenvalue weighted by atomic mass is 35.5. The highest BCUT2D eigenvalue weighted by molar-refractivity contribution is 5.85. The fraction of sp³-hybridized carbons (Fsp3) is 0.385. The van der Waals surface area contributed by atoms with E-state index in [1.807, 2.05) is 12.1 Å². The van der Waals surface area contributed by atoms with E-state index in [9.17, 15) is 4.79 Å². The van der Waals surface area contributed by atoms with Gasteiger partial charge in [0.05, 0.1) is 16.6 Å². The van der Waals surface area contributed by atoms with Gasteiger partial charge in [0.15, 0.2) is 0 Å². The van der Waals surface area contributed by atoms with Crippen LogP contribution in [0.2, 0.25) is 0 Å². The third-order valence-electron chi connectivity index (χ3n) is 3.55. The van der Waals surface area contributed by atoms with Crippen molar-refractivity contribution < 1.29 is 0 Å². The van der Waals surface area contributed by atoms with Gasteiger partial charge < -0.3 is 10.3 Å². The molecule has 0 bridgehead atoms. The molecule has 1 fully saturated rings. The van der Waals surface area contributed by atoms with Gasteiger partial charge in [-0.25, -0.2) is 4.79 Å². The minimum atomic E-state index is -0.111. The molecule has 0 amide bonds. The fourth-order valence-electron chi connectivity index (χ4n) is 2.67. The smallest absolute Gasteiger partial charge is 0.317 e. The highest BCUT2D eigenvalue weighted by Gasteiger charge is 2.20. The molecule has 100 valence electrons. The van der Waals surface area contributed by atoms with E-state index in [4.69, 9.17) is 5.26 Å². The Morgan fingerprint density at radius 3 is 2.74 bits per heavy atom. The van der Waals surface area contributed by atoms with Crippen molar-refractivity contribution in [2.45, 2.75) is 18.9 Å². The van der Waals surface area contributed by atoms with Crippen LogP contribution in [0.1, 0.15) is 24.4 Å².